The normalized spacial score (nSPS) is 16.4. The van der Waals surface area contributed by atoms with E-state index < -0.39 is 0 Å². The molecule has 32 heavy (non-hydrogen) atoms. The van der Waals surface area contributed by atoms with Crippen molar-refractivity contribution in [1.82, 2.24) is 14.9 Å². The van der Waals surface area contributed by atoms with Gasteiger partial charge in [-0.2, -0.15) is 0 Å². The van der Waals surface area contributed by atoms with Gasteiger partial charge < -0.3 is 9.88 Å². The number of nitrogens with zero attached hydrogens (tertiary/aromatic N) is 2. The summed E-state index contributed by atoms with van der Waals surface area (Å²) in [6.07, 6.45) is 5.04. The summed E-state index contributed by atoms with van der Waals surface area (Å²) < 4.78 is 13.2. The number of H-pyrrole nitrogens is 1. The summed E-state index contributed by atoms with van der Waals surface area (Å²) in [6.45, 7) is 1.50. The summed E-state index contributed by atoms with van der Waals surface area (Å²) in [5.41, 5.74) is 5.15. The lowest BCUT2D eigenvalue weighted by molar-refractivity contribution is -0.131. The zero-order valence-corrected chi connectivity index (χ0v) is 17.9. The van der Waals surface area contributed by atoms with Crippen molar-refractivity contribution < 1.29 is 9.18 Å². The van der Waals surface area contributed by atoms with Crippen molar-refractivity contribution in [2.45, 2.75) is 31.6 Å². The molecule has 0 radical (unpaired) electrons. The minimum absolute atomic E-state index is 0.168. The molecular weight excluding hydrogens is 401 g/mol. The molecule has 2 aromatic carbocycles. The number of hydrogen-bond donors (Lipinski definition) is 1. The van der Waals surface area contributed by atoms with Crippen LogP contribution in [0.2, 0.25) is 0 Å². The molecule has 4 aromatic rings. The maximum absolute atomic E-state index is 13.2. The molecule has 0 aliphatic carbocycles. The Morgan fingerprint density at radius 1 is 1.06 bits per heavy atom. The number of nitrogens with one attached hydrogen (secondary N) is 1. The van der Waals surface area contributed by atoms with Crippen LogP contribution in [0.3, 0.4) is 0 Å². The van der Waals surface area contributed by atoms with Crippen LogP contribution in [0.5, 0.6) is 0 Å². The Kier molecular flexibility index (Phi) is 5.71. The van der Waals surface area contributed by atoms with E-state index >= 15 is 0 Å². The van der Waals surface area contributed by atoms with Gasteiger partial charge in [0.2, 0.25) is 5.91 Å². The molecular formula is C27H26FN3O. The van der Waals surface area contributed by atoms with Crippen molar-refractivity contribution in [3.63, 3.8) is 0 Å². The summed E-state index contributed by atoms with van der Waals surface area (Å²) in [5.74, 6) is 0.181. The Balaban J connectivity index is 1.27. The van der Waals surface area contributed by atoms with Crippen molar-refractivity contribution in [3.8, 4) is 0 Å². The van der Waals surface area contributed by atoms with Crippen LogP contribution in [0.4, 0.5) is 4.39 Å². The highest BCUT2D eigenvalue weighted by atomic mass is 19.1. The zero-order valence-electron chi connectivity index (χ0n) is 17.9. The van der Waals surface area contributed by atoms with Crippen molar-refractivity contribution in [3.05, 3.63) is 101 Å². The average molecular weight is 428 g/mol. The molecule has 0 saturated carbocycles. The highest BCUT2D eigenvalue weighted by Crippen LogP contribution is 2.27. The number of piperidine rings is 1. The van der Waals surface area contributed by atoms with E-state index in [2.05, 4.69) is 17.1 Å². The molecule has 1 fully saturated rings. The number of rotatable bonds is 5. The van der Waals surface area contributed by atoms with E-state index in [1.807, 2.05) is 41.4 Å². The van der Waals surface area contributed by atoms with Crippen LogP contribution in [-0.4, -0.2) is 33.9 Å². The lowest BCUT2D eigenvalue weighted by Gasteiger charge is -2.32. The minimum Gasteiger partial charge on any atom is -0.361 e. The number of aromatic amines is 1. The van der Waals surface area contributed by atoms with Crippen LogP contribution in [0, 0.1) is 5.82 Å². The van der Waals surface area contributed by atoms with Crippen molar-refractivity contribution in [1.29, 1.82) is 0 Å². The molecule has 0 spiro atoms. The first-order chi connectivity index (χ1) is 15.7. The van der Waals surface area contributed by atoms with Gasteiger partial charge in [-0.15, -0.1) is 0 Å². The van der Waals surface area contributed by atoms with E-state index in [1.165, 1.54) is 12.1 Å². The molecule has 0 bridgehead atoms. The number of aromatic nitrogens is 2. The molecule has 1 amide bonds. The first-order valence-corrected chi connectivity index (χ1v) is 11.2. The molecule has 1 aliphatic rings. The number of hydrogen-bond acceptors (Lipinski definition) is 2. The number of carbonyl (C=O) groups excluding carboxylic acids is 1. The molecule has 162 valence electrons. The van der Waals surface area contributed by atoms with E-state index in [0.29, 0.717) is 19.4 Å². The molecule has 5 rings (SSSR count). The highest BCUT2D eigenvalue weighted by molar-refractivity contribution is 5.88. The van der Waals surface area contributed by atoms with Gasteiger partial charge in [0.05, 0.1) is 6.42 Å². The van der Waals surface area contributed by atoms with Gasteiger partial charge >= 0.3 is 0 Å². The molecule has 1 saturated heterocycles. The lowest BCUT2D eigenvalue weighted by Crippen LogP contribution is -2.40. The summed E-state index contributed by atoms with van der Waals surface area (Å²) in [6, 6.07) is 20.8. The highest BCUT2D eigenvalue weighted by Gasteiger charge is 2.26. The summed E-state index contributed by atoms with van der Waals surface area (Å²) >= 11 is 0. The first-order valence-electron chi connectivity index (χ1n) is 11.2. The maximum Gasteiger partial charge on any atom is 0.227 e. The Morgan fingerprint density at radius 3 is 2.78 bits per heavy atom. The van der Waals surface area contributed by atoms with Gasteiger partial charge in [0, 0.05) is 53.9 Å². The number of amides is 1. The molecule has 2 aromatic heterocycles. The minimum atomic E-state index is -0.227. The smallest absolute Gasteiger partial charge is 0.227 e. The number of para-hydroxylation sites is 1. The van der Waals surface area contributed by atoms with Crippen molar-refractivity contribution in [2.75, 3.05) is 13.1 Å². The van der Waals surface area contributed by atoms with E-state index in [9.17, 15) is 9.18 Å². The van der Waals surface area contributed by atoms with Crippen LogP contribution in [0.1, 0.15) is 41.3 Å². The van der Waals surface area contributed by atoms with Gasteiger partial charge in [0.1, 0.15) is 5.82 Å². The second kappa shape index (κ2) is 8.95. The van der Waals surface area contributed by atoms with Crippen LogP contribution in [0.15, 0.2) is 72.9 Å². The molecule has 1 atom stereocenters. The zero-order chi connectivity index (χ0) is 21.9. The van der Waals surface area contributed by atoms with Gasteiger partial charge in [0.25, 0.3) is 0 Å². The van der Waals surface area contributed by atoms with E-state index in [0.717, 1.165) is 52.8 Å². The Labute approximate surface area is 187 Å². The quantitative estimate of drug-likeness (QED) is 0.473. The molecule has 3 heterocycles. The number of halogens is 1. The standard InChI is InChI=1S/C27H26FN3O/c28-22-12-10-19(11-13-22)15-23-6-3-9-25(30-23)20-5-4-14-31(18-20)27(32)16-21-17-29-26-8-2-1-7-24(21)26/h1-3,6-13,17,20,29H,4-5,14-16,18H2. The Morgan fingerprint density at radius 2 is 1.91 bits per heavy atom. The molecule has 4 nitrogen and oxygen atoms in total. The van der Waals surface area contributed by atoms with E-state index in [-0.39, 0.29) is 17.6 Å². The monoisotopic (exact) mass is 427 g/mol. The van der Waals surface area contributed by atoms with Crippen LogP contribution < -0.4 is 0 Å². The summed E-state index contributed by atoms with van der Waals surface area (Å²) in [5, 5.41) is 1.12. The van der Waals surface area contributed by atoms with Gasteiger partial charge in [-0.05, 0) is 54.3 Å². The fourth-order valence-corrected chi connectivity index (χ4v) is 4.63. The molecule has 1 N–H and O–H groups in total. The topological polar surface area (TPSA) is 49.0 Å². The third-order valence-corrected chi connectivity index (χ3v) is 6.34. The van der Waals surface area contributed by atoms with Gasteiger partial charge in [-0.25, -0.2) is 4.39 Å². The van der Waals surface area contributed by atoms with Crippen LogP contribution >= 0.6 is 0 Å². The van der Waals surface area contributed by atoms with Crippen molar-refractivity contribution >= 4 is 16.8 Å². The number of carbonyl (C=O) groups is 1. The van der Waals surface area contributed by atoms with Gasteiger partial charge in [-0.3, -0.25) is 9.78 Å². The fourth-order valence-electron chi connectivity index (χ4n) is 4.63. The van der Waals surface area contributed by atoms with E-state index in [1.54, 1.807) is 12.1 Å². The number of benzene rings is 2. The lowest BCUT2D eigenvalue weighted by atomic mass is 9.93. The van der Waals surface area contributed by atoms with Crippen LogP contribution in [0.25, 0.3) is 10.9 Å². The molecule has 5 heteroatoms. The van der Waals surface area contributed by atoms with Crippen LogP contribution in [-0.2, 0) is 17.6 Å². The third-order valence-electron chi connectivity index (χ3n) is 6.34. The van der Waals surface area contributed by atoms with Crippen molar-refractivity contribution in [2.24, 2.45) is 0 Å². The summed E-state index contributed by atoms with van der Waals surface area (Å²) in [7, 11) is 0. The molecule has 1 aliphatic heterocycles. The predicted molar refractivity (Wildman–Crippen MR) is 124 cm³/mol. The maximum atomic E-state index is 13.2. The molecule has 1 unspecified atom stereocenters. The SMILES string of the molecule is O=C(Cc1c[nH]c2ccccc12)N1CCCC(c2cccc(Cc3ccc(F)cc3)n2)C1. The predicted octanol–water partition coefficient (Wildman–Crippen LogP) is 5.24. The second-order valence-corrected chi connectivity index (χ2v) is 8.57. The number of pyridine rings is 1. The largest absolute Gasteiger partial charge is 0.361 e. The third kappa shape index (κ3) is 4.42. The fraction of sp³-hybridized carbons (Fsp3) is 0.259. The summed E-state index contributed by atoms with van der Waals surface area (Å²) in [4.78, 5) is 23.2. The Hall–Kier alpha value is -3.47. The Bertz CT molecular complexity index is 1230. The van der Waals surface area contributed by atoms with Gasteiger partial charge in [-0.1, -0.05) is 36.4 Å². The first kappa shape index (κ1) is 20.4. The second-order valence-electron chi connectivity index (χ2n) is 8.57. The number of likely N-dealkylation sites (tertiary alicyclic amines) is 1. The average Bonchev–Trinajstić information content (AvgIpc) is 3.24. The van der Waals surface area contributed by atoms with Gasteiger partial charge in [0.15, 0.2) is 0 Å². The number of fused-ring (bicyclic) bond motifs is 1. The van der Waals surface area contributed by atoms with E-state index in [4.69, 9.17) is 4.98 Å².